The van der Waals surface area contributed by atoms with E-state index < -0.39 is 23.9 Å². The molecule has 2 unspecified atom stereocenters. The number of nitrogens with zero attached hydrogens (tertiary/aromatic N) is 1. The van der Waals surface area contributed by atoms with Gasteiger partial charge in [-0.1, -0.05) is 5.16 Å². The van der Waals surface area contributed by atoms with Crippen molar-refractivity contribution in [3.8, 4) is 0 Å². The van der Waals surface area contributed by atoms with Gasteiger partial charge in [0.1, 0.15) is 18.0 Å². The predicted molar refractivity (Wildman–Crippen MR) is 66.3 cm³/mol. The van der Waals surface area contributed by atoms with Gasteiger partial charge in [0.2, 0.25) is 0 Å². The van der Waals surface area contributed by atoms with Gasteiger partial charge in [0.15, 0.2) is 0 Å². The van der Waals surface area contributed by atoms with Crippen molar-refractivity contribution < 1.29 is 24.3 Å². The van der Waals surface area contributed by atoms with E-state index in [-0.39, 0.29) is 13.0 Å². The summed E-state index contributed by atoms with van der Waals surface area (Å²) in [5.41, 5.74) is -0.172. The van der Waals surface area contributed by atoms with E-state index in [1.165, 1.54) is 12.5 Å². The zero-order valence-corrected chi connectivity index (χ0v) is 11.3. The van der Waals surface area contributed by atoms with Crippen molar-refractivity contribution in [2.75, 3.05) is 6.54 Å². The fourth-order valence-corrected chi connectivity index (χ4v) is 1.38. The molecule has 0 aliphatic carbocycles. The molecule has 0 saturated heterocycles. The first kappa shape index (κ1) is 15.5. The molecule has 0 spiro atoms. The van der Waals surface area contributed by atoms with Crippen LogP contribution in [0.3, 0.4) is 0 Å². The zero-order valence-electron chi connectivity index (χ0n) is 11.3. The number of aliphatic hydroxyl groups is 2. The van der Waals surface area contributed by atoms with Crippen LogP contribution >= 0.6 is 0 Å². The van der Waals surface area contributed by atoms with Crippen LogP contribution in [0.15, 0.2) is 17.0 Å². The molecule has 7 nitrogen and oxygen atoms in total. The van der Waals surface area contributed by atoms with Crippen LogP contribution in [0, 0.1) is 0 Å². The molecule has 1 rings (SSSR count). The SMILES string of the molecule is CC(C)(C)OC(=O)NCCC(O)C(O)c1cnoc1. The fourth-order valence-electron chi connectivity index (χ4n) is 1.38. The Bertz CT molecular complexity index is 385. The summed E-state index contributed by atoms with van der Waals surface area (Å²) in [6.07, 6.45) is 0.107. The van der Waals surface area contributed by atoms with Gasteiger partial charge in [-0.25, -0.2) is 4.79 Å². The second-order valence-corrected chi connectivity index (χ2v) is 5.19. The van der Waals surface area contributed by atoms with E-state index in [1.807, 2.05) is 0 Å². The summed E-state index contributed by atoms with van der Waals surface area (Å²) in [5.74, 6) is 0. The number of amides is 1. The largest absolute Gasteiger partial charge is 0.444 e. The highest BCUT2D eigenvalue weighted by Crippen LogP contribution is 2.17. The van der Waals surface area contributed by atoms with E-state index in [4.69, 9.17) is 4.74 Å². The molecule has 2 atom stereocenters. The summed E-state index contributed by atoms with van der Waals surface area (Å²) in [7, 11) is 0. The Morgan fingerprint density at radius 1 is 1.53 bits per heavy atom. The number of ether oxygens (including phenoxy) is 1. The Kier molecular flexibility index (Phi) is 5.31. The minimum Gasteiger partial charge on any atom is -0.444 e. The lowest BCUT2D eigenvalue weighted by molar-refractivity contribution is 0.0120. The lowest BCUT2D eigenvalue weighted by atomic mass is 10.1. The topological polar surface area (TPSA) is 105 Å². The minimum atomic E-state index is -1.09. The van der Waals surface area contributed by atoms with Gasteiger partial charge in [0.05, 0.1) is 12.3 Å². The van der Waals surface area contributed by atoms with Crippen molar-refractivity contribution in [3.63, 3.8) is 0 Å². The second kappa shape index (κ2) is 6.53. The summed E-state index contributed by atoms with van der Waals surface area (Å²) >= 11 is 0. The van der Waals surface area contributed by atoms with E-state index in [2.05, 4.69) is 15.0 Å². The lowest BCUT2D eigenvalue weighted by Gasteiger charge is -2.20. The first-order chi connectivity index (χ1) is 8.79. The minimum absolute atomic E-state index is 0.186. The summed E-state index contributed by atoms with van der Waals surface area (Å²) < 4.78 is 9.61. The number of nitrogens with one attached hydrogen (secondary N) is 1. The highest BCUT2D eigenvalue weighted by atomic mass is 16.6. The molecule has 7 heteroatoms. The molecule has 3 N–H and O–H groups in total. The average Bonchev–Trinajstić information content (AvgIpc) is 2.78. The molecule has 0 saturated carbocycles. The van der Waals surface area contributed by atoms with Gasteiger partial charge in [-0.05, 0) is 27.2 Å². The van der Waals surface area contributed by atoms with Gasteiger partial charge in [0, 0.05) is 12.1 Å². The number of rotatable bonds is 5. The summed E-state index contributed by atoms with van der Waals surface area (Å²) in [6.45, 7) is 5.48. The first-order valence-electron chi connectivity index (χ1n) is 6.02. The van der Waals surface area contributed by atoms with Crippen molar-refractivity contribution in [2.24, 2.45) is 0 Å². The number of alkyl carbamates (subject to hydrolysis) is 1. The zero-order chi connectivity index (χ0) is 14.5. The molecular weight excluding hydrogens is 252 g/mol. The number of carbonyl (C=O) groups is 1. The molecule has 1 aromatic rings. The summed E-state index contributed by atoms with van der Waals surface area (Å²) in [4.78, 5) is 11.3. The van der Waals surface area contributed by atoms with Gasteiger partial charge in [-0.15, -0.1) is 0 Å². The maximum Gasteiger partial charge on any atom is 0.407 e. The highest BCUT2D eigenvalue weighted by Gasteiger charge is 2.21. The predicted octanol–water partition coefficient (Wildman–Crippen LogP) is 0.984. The monoisotopic (exact) mass is 272 g/mol. The number of aromatic nitrogens is 1. The van der Waals surface area contributed by atoms with Crippen molar-refractivity contribution >= 4 is 6.09 Å². The fraction of sp³-hybridized carbons (Fsp3) is 0.667. The molecular formula is C12H20N2O5. The third kappa shape index (κ3) is 5.71. The van der Waals surface area contributed by atoms with Crippen LogP contribution in [0.25, 0.3) is 0 Å². The highest BCUT2D eigenvalue weighted by molar-refractivity contribution is 5.67. The van der Waals surface area contributed by atoms with Crippen LogP contribution in [-0.4, -0.2) is 39.7 Å². The molecule has 0 aliphatic rings. The van der Waals surface area contributed by atoms with Gasteiger partial charge in [0.25, 0.3) is 0 Å². The van der Waals surface area contributed by atoms with Crippen molar-refractivity contribution in [2.45, 2.75) is 45.0 Å². The molecule has 108 valence electrons. The molecule has 1 heterocycles. The van der Waals surface area contributed by atoms with Gasteiger partial charge in [-0.3, -0.25) is 0 Å². The molecule has 0 aromatic carbocycles. The molecule has 19 heavy (non-hydrogen) atoms. The first-order valence-corrected chi connectivity index (χ1v) is 6.02. The van der Waals surface area contributed by atoms with E-state index >= 15 is 0 Å². The number of carbonyl (C=O) groups excluding carboxylic acids is 1. The second-order valence-electron chi connectivity index (χ2n) is 5.19. The maximum absolute atomic E-state index is 11.3. The maximum atomic E-state index is 11.3. The standard InChI is InChI=1S/C12H20N2O5/c1-12(2,3)19-11(17)13-5-4-9(15)10(16)8-6-14-18-7-8/h6-7,9-10,15-16H,4-5H2,1-3H3,(H,13,17). The molecule has 1 amide bonds. The summed E-state index contributed by atoms with van der Waals surface area (Å²) in [6, 6.07) is 0. The Hall–Kier alpha value is -1.60. The van der Waals surface area contributed by atoms with Crippen LogP contribution in [0.2, 0.25) is 0 Å². The van der Waals surface area contributed by atoms with Crippen molar-refractivity contribution in [3.05, 3.63) is 18.0 Å². The molecule has 0 bridgehead atoms. The molecule has 0 fully saturated rings. The summed E-state index contributed by atoms with van der Waals surface area (Å²) in [5, 5.41) is 25.4. The molecule has 0 radical (unpaired) electrons. The molecule has 1 aromatic heterocycles. The van der Waals surface area contributed by atoms with Gasteiger partial charge < -0.3 is 24.8 Å². The van der Waals surface area contributed by atoms with Crippen LogP contribution in [0.1, 0.15) is 38.9 Å². The van der Waals surface area contributed by atoms with Crippen LogP contribution in [0.5, 0.6) is 0 Å². The van der Waals surface area contributed by atoms with E-state index in [0.717, 1.165) is 0 Å². The third-order valence-corrected chi connectivity index (χ3v) is 2.27. The van der Waals surface area contributed by atoms with E-state index in [9.17, 15) is 15.0 Å². The lowest BCUT2D eigenvalue weighted by Crippen LogP contribution is -2.34. The van der Waals surface area contributed by atoms with E-state index in [1.54, 1.807) is 20.8 Å². The number of hydrogen-bond acceptors (Lipinski definition) is 6. The number of aliphatic hydroxyl groups excluding tert-OH is 2. The third-order valence-electron chi connectivity index (χ3n) is 2.27. The van der Waals surface area contributed by atoms with Gasteiger partial charge in [-0.2, -0.15) is 0 Å². The smallest absolute Gasteiger partial charge is 0.407 e. The van der Waals surface area contributed by atoms with E-state index in [0.29, 0.717) is 5.56 Å². The van der Waals surface area contributed by atoms with Crippen LogP contribution in [0.4, 0.5) is 4.79 Å². The number of hydrogen-bond donors (Lipinski definition) is 3. The Balaban J connectivity index is 2.27. The normalized spacial score (nSPS) is 14.8. The van der Waals surface area contributed by atoms with Crippen LogP contribution < -0.4 is 5.32 Å². The van der Waals surface area contributed by atoms with Crippen molar-refractivity contribution in [1.82, 2.24) is 10.5 Å². The quantitative estimate of drug-likeness (QED) is 0.738. The molecule has 0 aliphatic heterocycles. The van der Waals surface area contributed by atoms with Crippen LogP contribution in [-0.2, 0) is 4.74 Å². The Labute approximate surface area is 111 Å². The Morgan fingerprint density at radius 2 is 2.21 bits per heavy atom. The van der Waals surface area contributed by atoms with Gasteiger partial charge >= 0.3 is 6.09 Å². The van der Waals surface area contributed by atoms with Crippen molar-refractivity contribution in [1.29, 1.82) is 0 Å². The Morgan fingerprint density at radius 3 is 2.74 bits per heavy atom. The average molecular weight is 272 g/mol.